The van der Waals surface area contributed by atoms with Gasteiger partial charge in [0.15, 0.2) is 11.6 Å². The van der Waals surface area contributed by atoms with Crippen molar-refractivity contribution in [1.29, 1.82) is 0 Å². The molecular formula is C22H18F2NO2+. The van der Waals surface area contributed by atoms with Crippen LogP contribution in [0.3, 0.4) is 0 Å². The Kier molecular flexibility index (Phi) is 4.46. The third-order valence-corrected chi connectivity index (χ3v) is 4.88. The second-order valence-electron chi connectivity index (χ2n) is 6.65. The number of hydrogen-bond donors (Lipinski definition) is 1. The zero-order chi connectivity index (χ0) is 19.0. The first-order valence-electron chi connectivity index (χ1n) is 8.75. The van der Waals surface area contributed by atoms with Gasteiger partial charge < -0.3 is 9.73 Å². The minimum absolute atomic E-state index is 0.0997. The van der Waals surface area contributed by atoms with Crippen molar-refractivity contribution in [1.82, 2.24) is 0 Å². The summed E-state index contributed by atoms with van der Waals surface area (Å²) in [7, 11) is 0. The van der Waals surface area contributed by atoms with Crippen molar-refractivity contribution in [2.24, 2.45) is 0 Å². The lowest BCUT2D eigenvalue weighted by Crippen LogP contribution is -2.83. The predicted molar refractivity (Wildman–Crippen MR) is 100 cm³/mol. The largest absolute Gasteiger partial charge is 0.423 e. The fourth-order valence-corrected chi connectivity index (χ4v) is 3.42. The standard InChI is InChI=1S/C22H17F2NO2/c1-13(15-6-8-18(23)19(24)10-15)25-12-16-11-21(26)27-20-9-7-14-4-2-3-5-17(14)22(16)20/h2-11,13,25H,12H2,1H3/p+1/t13-/m0/s1. The van der Waals surface area contributed by atoms with Crippen molar-refractivity contribution in [3.63, 3.8) is 0 Å². The van der Waals surface area contributed by atoms with Gasteiger partial charge in [0.1, 0.15) is 18.2 Å². The Morgan fingerprint density at radius 1 is 1.00 bits per heavy atom. The zero-order valence-corrected chi connectivity index (χ0v) is 14.7. The second kappa shape index (κ2) is 6.93. The fraction of sp³-hybridized carbons (Fsp3) is 0.136. The number of fused-ring (bicyclic) bond motifs is 3. The SMILES string of the molecule is C[C@H]([NH2+]Cc1cc(=O)oc2ccc3ccccc3c12)c1ccc(F)c(F)c1. The molecule has 0 aliphatic heterocycles. The molecule has 0 aliphatic rings. The van der Waals surface area contributed by atoms with Crippen molar-refractivity contribution in [3.05, 3.63) is 93.8 Å². The van der Waals surface area contributed by atoms with Crippen LogP contribution in [-0.4, -0.2) is 0 Å². The molecule has 136 valence electrons. The van der Waals surface area contributed by atoms with Gasteiger partial charge in [0.2, 0.25) is 0 Å². The van der Waals surface area contributed by atoms with Crippen LogP contribution in [0, 0.1) is 11.6 Å². The maximum Gasteiger partial charge on any atom is 0.336 e. The molecular weight excluding hydrogens is 348 g/mol. The molecule has 4 aromatic rings. The Morgan fingerprint density at radius 3 is 2.63 bits per heavy atom. The van der Waals surface area contributed by atoms with E-state index in [1.165, 1.54) is 12.1 Å². The average molecular weight is 366 g/mol. The molecule has 1 aromatic heterocycles. The topological polar surface area (TPSA) is 46.8 Å². The Hall–Kier alpha value is -3.05. The molecule has 0 fully saturated rings. The summed E-state index contributed by atoms with van der Waals surface area (Å²) in [4.78, 5) is 12.0. The number of nitrogens with two attached hydrogens (primary N) is 1. The first-order chi connectivity index (χ1) is 13.0. The van der Waals surface area contributed by atoms with Gasteiger partial charge in [-0.1, -0.05) is 30.3 Å². The molecule has 4 rings (SSSR count). The van der Waals surface area contributed by atoms with Crippen LogP contribution in [0.1, 0.15) is 24.1 Å². The number of benzene rings is 3. The van der Waals surface area contributed by atoms with Crippen LogP contribution in [0.25, 0.3) is 21.7 Å². The number of quaternary nitrogens is 1. The summed E-state index contributed by atoms with van der Waals surface area (Å²) in [6.45, 7) is 2.43. The summed E-state index contributed by atoms with van der Waals surface area (Å²) in [5.74, 6) is -1.71. The van der Waals surface area contributed by atoms with E-state index in [0.717, 1.165) is 27.8 Å². The molecule has 0 spiro atoms. The molecule has 0 amide bonds. The predicted octanol–water partition coefficient (Wildman–Crippen LogP) is 4.05. The number of rotatable bonds is 4. The lowest BCUT2D eigenvalue weighted by Gasteiger charge is -2.13. The van der Waals surface area contributed by atoms with E-state index in [2.05, 4.69) is 0 Å². The van der Waals surface area contributed by atoms with Crippen LogP contribution in [0.2, 0.25) is 0 Å². The summed E-state index contributed by atoms with van der Waals surface area (Å²) in [6, 6.07) is 17.0. The van der Waals surface area contributed by atoms with Gasteiger partial charge in [-0.3, -0.25) is 0 Å². The molecule has 0 aliphatic carbocycles. The second-order valence-corrected chi connectivity index (χ2v) is 6.65. The quantitative estimate of drug-likeness (QED) is 0.438. The molecule has 3 nitrogen and oxygen atoms in total. The smallest absolute Gasteiger partial charge is 0.336 e. The fourth-order valence-electron chi connectivity index (χ4n) is 3.42. The summed E-state index contributed by atoms with van der Waals surface area (Å²) in [5, 5.41) is 4.97. The van der Waals surface area contributed by atoms with Gasteiger partial charge in [-0.25, -0.2) is 13.6 Å². The molecule has 0 bridgehead atoms. The Labute approximate surface area is 154 Å². The van der Waals surface area contributed by atoms with Crippen LogP contribution in [0.5, 0.6) is 0 Å². The van der Waals surface area contributed by atoms with E-state index < -0.39 is 17.3 Å². The number of hydrogen-bond acceptors (Lipinski definition) is 2. The number of halogens is 2. The van der Waals surface area contributed by atoms with E-state index in [1.54, 1.807) is 12.1 Å². The van der Waals surface area contributed by atoms with E-state index in [4.69, 9.17) is 4.42 Å². The van der Waals surface area contributed by atoms with Crippen molar-refractivity contribution >= 4 is 21.7 Å². The monoisotopic (exact) mass is 366 g/mol. The van der Waals surface area contributed by atoms with Gasteiger partial charge in [0.25, 0.3) is 0 Å². The van der Waals surface area contributed by atoms with Crippen molar-refractivity contribution in [2.45, 2.75) is 19.5 Å². The third-order valence-electron chi connectivity index (χ3n) is 4.88. The van der Waals surface area contributed by atoms with Crippen molar-refractivity contribution < 1.29 is 18.5 Å². The molecule has 5 heteroatoms. The minimum atomic E-state index is -0.857. The lowest BCUT2D eigenvalue weighted by atomic mass is 10.0. The van der Waals surface area contributed by atoms with Gasteiger partial charge in [-0.05, 0) is 42.0 Å². The van der Waals surface area contributed by atoms with Crippen LogP contribution in [-0.2, 0) is 6.54 Å². The Morgan fingerprint density at radius 2 is 1.81 bits per heavy atom. The minimum Gasteiger partial charge on any atom is -0.423 e. The summed E-state index contributed by atoms with van der Waals surface area (Å²) in [6.07, 6.45) is 0. The molecule has 2 N–H and O–H groups in total. The van der Waals surface area contributed by atoms with Crippen LogP contribution < -0.4 is 10.9 Å². The van der Waals surface area contributed by atoms with Crippen molar-refractivity contribution in [2.75, 3.05) is 0 Å². The summed E-state index contributed by atoms with van der Waals surface area (Å²) in [5.41, 5.74) is 1.69. The highest BCUT2D eigenvalue weighted by atomic mass is 19.2. The molecule has 0 radical (unpaired) electrons. The van der Waals surface area contributed by atoms with Crippen LogP contribution in [0.15, 0.2) is 69.9 Å². The third kappa shape index (κ3) is 3.34. The first-order valence-corrected chi connectivity index (χ1v) is 8.75. The van der Waals surface area contributed by atoms with Gasteiger partial charge in [0.05, 0.1) is 0 Å². The van der Waals surface area contributed by atoms with E-state index in [1.807, 2.05) is 42.6 Å². The highest BCUT2D eigenvalue weighted by molar-refractivity contribution is 6.06. The highest BCUT2D eigenvalue weighted by Gasteiger charge is 2.15. The maximum atomic E-state index is 13.5. The van der Waals surface area contributed by atoms with Gasteiger partial charge in [-0.15, -0.1) is 0 Å². The summed E-state index contributed by atoms with van der Waals surface area (Å²) < 4.78 is 32.0. The zero-order valence-electron chi connectivity index (χ0n) is 14.7. The molecule has 1 heterocycles. The van der Waals surface area contributed by atoms with Gasteiger partial charge in [-0.2, -0.15) is 0 Å². The van der Waals surface area contributed by atoms with Crippen molar-refractivity contribution in [3.8, 4) is 0 Å². The van der Waals surface area contributed by atoms with E-state index in [-0.39, 0.29) is 6.04 Å². The Bertz CT molecular complexity index is 1200. The van der Waals surface area contributed by atoms with Crippen LogP contribution >= 0.6 is 0 Å². The Balaban J connectivity index is 1.71. The van der Waals surface area contributed by atoms with Crippen LogP contribution in [0.4, 0.5) is 8.78 Å². The summed E-state index contributed by atoms with van der Waals surface area (Å²) >= 11 is 0. The molecule has 0 unspecified atom stereocenters. The first kappa shape index (κ1) is 17.4. The molecule has 27 heavy (non-hydrogen) atoms. The molecule has 0 saturated carbocycles. The molecule has 0 saturated heterocycles. The van der Waals surface area contributed by atoms with E-state index >= 15 is 0 Å². The van der Waals surface area contributed by atoms with E-state index in [9.17, 15) is 13.6 Å². The van der Waals surface area contributed by atoms with Gasteiger partial charge in [0, 0.05) is 22.6 Å². The van der Waals surface area contributed by atoms with Gasteiger partial charge >= 0.3 is 5.63 Å². The van der Waals surface area contributed by atoms with E-state index in [0.29, 0.717) is 17.7 Å². The maximum absolute atomic E-state index is 13.5. The molecule has 3 aromatic carbocycles. The molecule has 1 atom stereocenters. The lowest BCUT2D eigenvalue weighted by molar-refractivity contribution is -0.707. The normalized spacial score (nSPS) is 12.6. The average Bonchev–Trinajstić information content (AvgIpc) is 2.67. The highest BCUT2D eigenvalue weighted by Crippen LogP contribution is 2.27.